The molecule has 0 spiro atoms. The fourth-order valence-electron chi connectivity index (χ4n) is 5.05. The molecule has 0 fully saturated rings. The number of hydrogen-bond acceptors (Lipinski definition) is 12. The number of thiazole rings is 2. The van der Waals surface area contributed by atoms with Crippen LogP contribution >= 0.6 is 22.7 Å². The van der Waals surface area contributed by atoms with E-state index in [0.29, 0.717) is 58.1 Å². The Hall–Kier alpha value is -4.68. The maximum Gasteiger partial charge on any atom is 0.355 e. The highest BCUT2D eigenvalue weighted by atomic mass is 32.1. The molecule has 0 saturated heterocycles. The lowest BCUT2D eigenvalue weighted by atomic mass is 9.99. The number of carbonyl (C=O) groups is 1. The summed E-state index contributed by atoms with van der Waals surface area (Å²) in [6, 6.07) is 12.4. The number of rotatable bonds is 10. The number of halogens is 1. The Bertz CT molecular complexity index is 1940. The van der Waals surface area contributed by atoms with Crippen molar-refractivity contribution in [3.63, 3.8) is 0 Å². The number of nitrogens with zero attached hydrogens (tertiary/aromatic N) is 5. The number of carboxylic acid groups (broad SMARTS) is 1. The molecule has 0 saturated carbocycles. The normalized spacial score (nSPS) is 14.1. The van der Waals surface area contributed by atoms with Gasteiger partial charge in [0.1, 0.15) is 0 Å². The van der Waals surface area contributed by atoms with Crippen molar-refractivity contribution in [3.05, 3.63) is 75.5 Å². The first-order chi connectivity index (χ1) is 22.3. The molecule has 1 unspecified atom stereocenters. The lowest BCUT2D eigenvalue weighted by molar-refractivity contribution is 0.0690. The average molecular weight is 660 g/mol. The van der Waals surface area contributed by atoms with Gasteiger partial charge in [0.2, 0.25) is 0 Å². The predicted molar refractivity (Wildman–Crippen MR) is 176 cm³/mol. The number of anilines is 4. The zero-order valence-electron chi connectivity index (χ0n) is 25.0. The van der Waals surface area contributed by atoms with E-state index in [9.17, 15) is 19.4 Å². The van der Waals surface area contributed by atoms with Gasteiger partial charge in [-0.3, -0.25) is 4.90 Å². The SMILES string of the molecule is CNCC#Cc1ccc(OCCCc2sc(N3CC(O)Cc4c3nnc(Nc3nc5ccccc5s3)c4C)nc2C(=O)O)c(F)c1. The second-order valence-corrected chi connectivity index (χ2v) is 12.7. The van der Waals surface area contributed by atoms with Crippen LogP contribution in [0.1, 0.15) is 38.5 Å². The van der Waals surface area contributed by atoms with Gasteiger partial charge in [0.15, 0.2) is 39.2 Å². The molecule has 4 N–H and O–H groups in total. The molecular weight excluding hydrogens is 630 g/mol. The molecule has 14 heteroatoms. The van der Waals surface area contributed by atoms with Crippen molar-refractivity contribution >= 4 is 60.8 Å². The summed E-state index contributed by atoms with van der Waals surface area (Å²) in [5.74, 6) is 5.25. The third kappa shape index (κ3) is 6.77. The number of β-amino-alcohol motifs (C(OH)–C–C–N with tert-alkyl or cyclic N) is 1. The molecule has 11 nitrogen and oxygen atoms in total. The minimum Gasteiger partial charge on any atom is -0.491 e. The van der Waals surface area contributed by atoms with Crippen LogP contribution in [0.4, 0.5) is 26.3 Å². The van der Waals surface area contributed by atoms with Crippen LogP contribution in [0.25, 0.3) is 10.2 Å². The highest BCUT2D eigenvalue weighted by molar-refractivity contribution is 7.22. The molecule has 0 radical (unpaired) electrons. The molecule has 4 heterocycles. The molecule has 5 aromatic rings. The summed E-state index contributed by atoms with van der Waals surface area (Å²) in [6.07, 6.45) is 0.427. The molecular formula is C32H30FN7O4S2. The molecule has 1 aliphatic rings. The minimum absolute atomic E-state index is 0.0731. The van der Waals surface area contributed by atoms with Crippen molar-refractivity contribution < 1.29 is 24.1 Å². The Morgan fingerprint density at radius 2 is 2.04 bits per heavy atom. The standard InChI is InChI=1S/C32H30FN7O4S2/c1-18-21-16-20(41)17-40(29(21)39-38-28(18)37-31-35-23-8-3-4-9-25(23)45-31)32-36-27(30(42)43)26(46-32)10-6-14-44-24-12-11-19(15-22(24)33)7-5-13-34-2/h3-4,8-9,11-12,15,20,34,41H,6,10,13-14,16-17H2,1-2H3,(H,42,43)(H,35,37,38). The first kappa shape index (κ1) is 31.3. The van der Waals surface area contributed by atoms with Gasteiger partial charge in [0.25, 0.3) is 0 Å². The molecule has 236 valence electrons. The maximum absolute atomic E-state index is 14.5. The molecule has 1 aliphatic heterocycles. The number of para-hydroxylation sites is 1. The highest BCUT2D eigenvalue weighted by Gasteiger charge is 2.32. The van der Waals surface area contributed by atoms with Gasteiger partial charge in [0, 0.05) is 28.0 Å². The van der Waals surface area contributed by atoms with Crippen LogP contribution in [0.2, 0.25) is 0 Å². The summed E-state index contributed by atoms with van der Waals surface area (Å²) in [7, 11) is 1.78. The monoisotopic (exact) mass is 659 g/mol. The van der Waals surface area contributed by atoms with E-state index in [1.807, 2.05) is 31.2 Å². The smallest absolute Gasteiger partial charge is 0.355 e. The number of aryl methyl sites for hydroxylation is 1. The number of benzene rings is 2. The highest BCUT2D eigenvalue weighted by Crippen LogP contribution is 2.39. The Kier molecular flexibility index (Phi) is 9.36. The average Bonchev–Trinajstić information content (AvgIpc) is 3.66. The summed E-state index contributed by atoms with van der Waals surface area (Å²) in [5.41, 5.74) is 2.96. The third-order valence-electron chi connectivity index (χ3n) is 7.29. The van der Waals surface area contributed by atoms with E-state index in [2.05, 4.69) is 42.6 Å². The van der Waals surface area contributed by atoms with Crippen LogP contribution in [0, 0.1) is 24.6 Å². The number of aliphatic hydroxyl groups is 1. The van der Waals surface area contributed by atoms with E-state index in [1.54, 1.807) is 18.0 Å². The number of fused-ring (bicyclic) bond motifs is 2. The van der Waals surface area contributed by atoms with Crippen molar-refractivity contribution in [3.8, 4) is 17.6 Å². The molecule has 3 aromatic heterocycles. The van der Waals surface area contributed by atoms with Crippen LogP contribution in [0.3, 0.4) is 0 Å². The quantitative estimate of drug-likeness (QED) is 0.118. The summed E-state index contributed by atoms with van der Waals surface area (Å²) in [6.45, 7) is 2.77. The van der Waals surface area contributed by atoms with Crippen LogP contribution in [0.5, 0.6) is 5.75 Å². The van der Waals surface area contributed by atoms with Crippen molar-refractivity contribution in [2.75, 3.05) is 37.0 Å². The lowest BCUT2D eigenvalue weighted by Gasteiger charge is -2.31. The fraction of sp³-hybridized carbons (Fsp3) is 0.281. The van der Waals surface area contributed by atoms with Crippen molar-refractivity contribution in [2.45, 2.75) is 32.3 Å². The zero-order chi connectivity index (χ0) is 32.2. The first-order valence-corrected chi connectivity index (χ1v) is 16.2. The summed E-state index contributed by atoms with van der Waals surface area (Å²) >= 11 is 2.72. The van der Waals surface area contributed by atoms with Gasteiger partial charge in [-0.05, 0) is 57.1 Å². The van der Waals surface area contributed by atoms with Crippen molar-refractivity contribution in [1.82, 2.24) is 25.5 Å². The van der Waals surface area contributed by atoms with E-state index in [1.165, 1.54) is 34.8 Å². The Balaban J connectivity index is 1.17. The van der Waals surface area contributed by atoms with Gasteiger partial charge >= 0.3 is 5.97 Å². The second-order valence-electron chi connectivity index (χ2n) is 10.6. The largest absolute Gasteiger partial charge is 0.491 e. The molecule has 0 bridgehead atoms. The van der Waals surface area contributed by atoms with E-state index < -0.39 is 17.9 Å². The molecule has 0 amide bonds. The molecule has 6 rings (SSSR count). The fourth-order valence-corrected chi connectivity index (χ4v) is 7.02. The van der Waals surface area contributed by atoms with Gasteiger partial charge in [-0.25, -0.2) is 19.2 Å². The van der Waals surface area contributed by atoms with Gasteiger partial charge in [-0.1, -0.05) is 35.3 Å². The van der Waals surface area contributed by atoms with Crippen LogP contribution in [-0.4, -0.2) is 69.2 Å². The number of aromatic nitrogens is 4. The second kappa shape index (κ2) is 13.8. The van der Waals surface area contributed by atoms with Gasteiger partial charge in [-0.2, -0.15) is 0 Å². The summed E-state index contributed by atoms with van der Waals surface area (Å²) in [4.78, 5) is 23.4. The Morgan fingerprint density at radius 1 is 1.20 bits per heavy atom. The minimum atomic E-state index is -1.16. The number of aromatic carboxylic acids is 1. The predicted octanol–water partition coefficient (Wildman–Crippen LogP) is 5.07. The molecule has 0 aliphatic carbocycles. The first-order valence-electron chi connectivity index (χ1n) is 14.5. The Morgan fingerprint density at radius 3 is 2.83 bits per heavy atom. The zero-order valence-corrected chi connectivity index (χ0v) is 26.6. The van der Waals surface area contributed by atoms with Gasteiger partial charge < -0.3 is 25.6 Å². The van der Waals surface area contributed by atoms with Crippen LogP contribution in [0.15, 0.2) is 42.5 Å². The number of carboxylic acids is 1. The maximum atomic E-state index is 14.5. The molecule has 2 aromatic carbocycles. The van der Waals surface area contributed by atoms with E-state index in [-0.39, 0.29) is 24.6 Å². The lowest BCUT2D eigenvalue weighted by Crippen LogP contribution is -2.37. The number of ether oxygens (including phenoxy) is 1. The Labute approximate surface area is 272 Å². The summed E-state index contributed by atoms with van der Waals surface area (Å²) in [5, 5.41) is 36.9. The van der Waals surface area contributed by atoms with Crippen LogP contribution in [-0.2, 0) is 12.8 Å². The topological polar surface area (TPSA) is 146 Å². The van der Waals surface area contributed by atoms with Crippen LogP contribution < -0.4 is 20.3 Å². The van der Waals surface area contributed by atoms with Gasteiger partial charge in [-0.15, -0.1) is 21.5 Å². The van der Waals surface area contributed by atoms with Crippen molar-refractivity contribution in [2.24, 2.45) is 0 Å². The molecule has 1 atom stereocenters. The summed E-state index contributed by atoms with van der Waals surface area (Å²) < 4.78 is 21.2. The third-order valence-corrected chi connectivity index (χ3v) is 9.38. The number of aliphatic hydroxyl groups excluding tert-OH is 1. The molecule has 46 heavy (non-hydrogen) atoms. The van der Waals surface area contributed by atoms with E-state index in [0.717, 1.165) is 21.3 Å². The van der Waals surface area contributed by atoms with E-state index >= 15 is 0 Å². The number of hydrogen-bond donors (Lipinski definition) is 4. The van der Waals surface area contributed by atoms with E-state index in [4.69, 9.17) is 4.74 Å². The number of nitrogens with one attached hydrogen (secondary N) is 2. The van der Waals surface area contributed by atoms with Gasteiger partial charge in [0.05, 0.1) is 36.0 Å². The van der Waals surface area contributed by atoms with Crippen molar-refractivity contribution in [1.29, 1.82) is 0 Å².